The summed E-state index contributed by atoms with van der Waals surface area (Å²) in [6.45, 7) is 0. The summed E-state index contributed by atoms with van der Waals surface area (Å²) in [5.41, 5.74) is 1.55. The summed E-state index contributed by atoms with van der Waals surface area (Å²) in [7, 11) is 0. The lowest BCUT2D eigenvalue weighted by molar-refractivity contribution is 0.0967. The van der Waals surface area contributed by atoms with Crippen LogP contribution in [0.25, 0.3) is 11.5 Å². The maximum Gasteiger partial charge on any atom is 0.226 e. The van der Waals surface area contributed by atoms with Crippen LogP contribution in [0.15, 0.2) is 65.2 Å². The molecule has 4 heteroatoms. The fraction of sp³-hybridized carbons (Fsp3) is 0.0588. The molecule has 3 nitrogen and oxygen atoms in total. The quantitative estimate of drug-likeness (QED) is 0.681. The van der Waals surface area contributed by atoms with Crippen LogP contribution in [-0.2, 0) is 6.42 Å². The molecule has 0 saturated heterocycles. The summed E-state index contributed by atoms with van der Waals surface area (Å²) in [6.07, 6.45) is 1.67. The van der Waals surface area contributed by atoms with Crippen LogP contribution < -0.4 is 0 Å². The van der Waals surface area contributed by atoms with Gasteiger partial charge in [-0.3, -0.25) is 4.79 Å². The van der Waals surface area contributed by atoms with Gasteiger partial charge in [-0.25, -0.2) is 9.37 Å². The van der Waals surface area contributed by atoms with Gasteiger partial charge in [0.1, 0.15) is 5.82 Å². The van der Waals surface area contributed by atoms with Crippen LogP contribution in [-0.4, -0.2) is 10.8 Å². The van der Waals surface area contributed by atoms with Gasteiger partial charge >= 0.3 is 0 Å². The summed E-state index contributed by atoms with van der Waals surface area (Å²) in [5, 5.41) is 0. The van der Waals surface area contributed by atoms with E-state index >= 15 is 0 Å². The average Bonchev–Trinajstić information content (AvgIpc) is 2.99. The van der Waals surface area contributed by atoms with E-state index in [0.29, 0.717) is 11.5 Å². The van der Waals surface area contributed by atoms with Gasteiger partial charge in [0.05, 0.1) is 6.20 Å². The molecule has 2 aromatic carbocycles. The zero-order valence-electron chi connectivity index (χ0n) is 11.1. The second-order valence-electron chi connectivity index (χ2n) is 4.62. The number of nitrogens with zero attached hydrogens (tertiary/aromatic N) is 1. The first-order valence-electron chi connectivity index (χ1n) is 6.51. The smallest absolute Gasteiger partial charge is 0.226 e. The molecule has 0 bridgehead atoms. The molecule has 0 aliphatic heterocycles. The highest BCUT2D eigenvalue weighted by Crippen LogP contribution is 2.20. The van der Waals surface area contributed by atoms with Gasteiger partial charge in [0.2, 0.25) is 11.7 Å². The van der Waals surface area contributed by atoms with E-state index in [4.69, 9.17) is 4.42 Å². The minimum Gasteiger partial charge on any atom is -0.433 e. The minimum atomic E-state index is -0.328. The van der Waals surface area contributed by atoms with Gasteiger partial charge in [-0.2, -0.15) is 0 Å². The summed E-state index contributed by atoms with van der Waals surface area (Å²) in [6, 6.07) is 15.2. The third-order valence-electron chi connectivity index (χ3n) is 3.08. The van der Waals surface area contributed by atoms with Gasteiger partial charge in [0.15, 0.2) is 5.76 Å². The monoisotopic (exact) mass is 281 g/mol. The van der Waals surface area contributed by atoms with Crippen molar-refractivity contribution in [2.45, 2.75) is 6.42 Å². The number of benzene rings is 2. The Bertz CT molecular complexity index is 748. The molecule has 3 aromatic rings. The van der Waals surface area contributed by atoms with E-state index in [1.807, 2.05) is 30.3 Å². The van der Waals surface area contributed by atoms with E-state index in [2.05, 4.69) is 4.98 Å². The number of rotatable bonds is 4. The molecule has 3 rings (SSSR count). The number of oxazole rings is 1. The van der Waals surface area contributed by atoms with Crippen molar-refractivity contribution in [3.8, 4) is 11.5 Å². The predicted molar refractivity (Wildman–Crippen MR) is 76.4 cm³/mol. The number of ketones is 1. The Morgan fingerprint density at radius 1 is 1.05 bits per heavy atom. The summed E-state index contributed by atoms with van der Waals surface area (Å²) >= 11 is 0. The maximum absolute atomic E-state index is 12.9. The van der Waals surface area contributed by atoms with E-state index in [-0.39, 0.29) is 23.8 Å². The van der Waals surface area contributed by atoms with Crippen molar-refractivity contribution in [2.75, 3.05) is 0 Å². The average molecular weight is 281 g/mol. The maximum atomic E-state index is 12.9. The molecule has 0 N–H and O–H groups in total. The second-order valence-corrected chi connectivity index (χ2v) is 4.62. The number of carbonyl (C=O) groups excluding carboxylic acids is 1. The number of aromatic nitrogens is 1. The number of hydrogen-bond acceptors (Lipinski definition) is 3. The van der Waals surface area contributed by atoms with Gasteiger partial charge in [0.25, 0.3) is 0 Å². The summed E-state index contributed by atoms with van der Waals surface area (Å²) in [5.74, 6) is 0.0531. The molecule has 0 spiro atoms. The van der Waals surface area contributed by atoms with Gasteiger partial charge in [-0.15, -0.1) is 0 Å². The summed E-state index contributed by atoms with van der Waals surface area (Å²) < 4.78 is 18.3. The van der Waals surface area contributed by atoms with Crippen molar-refractivity contribution < 1.29 is 13.6 Å². The molecular weight excluding hydrogens is 269 g/mol. The second kappa shape index (κ2) is 5.71. The first-order valence-corrected chi connectivity index (χ1v) is 6.51. The Morgan fingerprint density at radius 2 is 1.76 bits per heavy atom. The molecule has 1 heterocycles. The molecular formula is C17H12FNO2. The van der Waals surface area contributed by atoms with E-state index in [1.54, 1.807) is 12.1 Å². The fourth-order valence-electron chi connectivity index (χ4n) is 2.00. The minimum absolute atomic E-state index is 0.137. The van der Waals surface area contributed by atoms with E-state index in [9.17, 15) is 9.18 Å². The van der Waals surface area contributed by atoms with Crippen molar-refractivity contribution in [3.05, 3.63) is 77.9 Å². The first-order chi connectivity index (χ1) is 10.2. The van der Waals surface area contributed by atoms with Crippen LogP contribution in [0, 0.1) is 5.82 Å². The molecule has 0 radical (unpaired) electrons. The van der Waals surface area contributed by atoms with Crippen LogP contribution in [0.4, 0.5) is 4.39 Å². The van der Waals surface area contributed by atoms with Crippen LogP contribution in [0.2, 0.25) is 0 Å². The lowest BCUT2D eigenvalue weighted by Crippen LogP contribution is -2.01. The Kier molecular flexibility index (Phi) is 3.60. The third-order valence-corrected chi connectivity index (χ3v) is 3.08. The number of Topliss-reactive ketones (excluding diaryl/α,β-unsaturated/α-hetero) is 1. The van der Waals surface area contributed by atoms with Gasteiger partial charge in [0, 0.05) is 12.0 Å². The molecule has 0 saturated carbocycles. The van der Waals surface area contributed by atoms with Crippen molar-refractivity contribution in [1.29, 1.82) is 0 Å². The zero-order chi connectivity index (χ0) is 14.7. The van der Waals surface area contributed by atoms with Crippen molar-refractivity contribution >= 4 is 5.78 Å². The highest BCUT2D eigenvalue weighted by Gasteiger charge is 2.14. The lowest BCUT2D eigenvalue weighted by atomic mass is 10.1. The molecule has 0 fully saturated rings. The standard InChI is InChI=1S/C17H12FNO2/c18-14-8-6-13(7-9-14)17-19-11-16(21-17)15(20)10-12-4-2-1-3-5-12/h1-9,11H,10H2. The number of hydrogen-bond donors (Lipinski definition) is 0. The molecule has 104 valence electrons. The molecule has 21 heavy (non-hydrogen) atoms. The lowest BCUT2D eigenvalue weighted by Gasteiger charge is -1.98. The Morgan fingerprint density at radius 3 is 2.48 bits per heavy atom. The Hall–Kier alpha value is -2.75. The molecule has 0 aliphatic rings. The SMILES string of the molecule is O=C(Cc1ccccc1)c1cnc(-c2ccc(F)cc2)o1. The molecule has 0 amide bonds. The molecule has 1 aromatic heterocycles. The highest BCUT2D eigenvalue weighted by molar-refractivity contribution is 5.95. The van der Waals surface area contributed by atoms with Crippen molar-refractivity contribution in [1.82, 2.24) is 4.98 Å². The highest BCUT2D eigenvalue weighted by atomic mass is 19.1. The predicted octanol–water partition coefficient (Wildman–Crippen LogP) is 3.91. The summed E-state index contributed by atoms with van der Waals surface area (Å²) in [4.78, 5) is 16.2. The van der Waals surface area contributed by atoms with Crippen LogP contribution >= 0.6 is 0 Å². The fourth-order valence-corrected chi connectivity index (χ4v) is 2.00. The van der Waals surface area contributed by atoms with E-state index in [1.165, 1.54) is 18.3 Å². The largest absolute Gasteiger partial charge is 0.433 e. The Labute approximate surface area is 121 Å². The Balaban J connectivity index is 1.78. The van der Waals surface area contributed by atoms with Gasteiger partial charge in [-0.05, 0) is 29.8 Å². The number of halogens is 1. The van der Waals surface area contributed by atoms with Crippen LogP contribution in [0.3, 0.4) is 0 Å². The van der Waals surface area contributed by atoms with Crippen molar-refractivity contribution in [3.63, 3.8) is 0 Å². The molecule has 0 unspecified atom stereocenters. The molecule has 0 aliphatic carbocycles. The zero-order valence-corrected chi connectivity index (χ0v) is 11.1. The van der Waals surface area contributed by atoms with Gasteiger partial charge in [-0.1, -0.05) is 30.3 Å². The van der Waals surface area contributed by atoms with Crippen LogP contribution in [0.5, 0.6) is 0 Å². The third kappa shape index (κ3) is 3.05. The van der Waals surface area contributed by atoms with Crippen molar-refractivity contribution in [2.24, 2.45) is 0 Å². The van der Waals surface area contributed by atoms with Crippen LogP contribution in [0.1, 0.15) is 16.1 Å². The van der Waals surface area contributed by atoms with E-state index < -0.39 is 0 Å². The molecule has 0 atom stereocenters. The first kappa shape index (κ1) is 13.2. The topological polar surface area (TPSA) is 43.1 Å². The normalized spacial score (nSPS) is 10.5. The number of carbonyl (C=O) groups is 1. The van der Waals surface area contributed by atoms with Gasteiger partial charge < -0.3 is 4.42 Å². The van der Waals surface area contributed by atoms with E-state index in [0.717, 1.165) is 5.56 Å².